The molecule has 0 spiro atoms. The maximum absolute atomic E-state index is 13.7. The van der Waals surface area contributed by atoms with Crippen LogP contribution >= 0.6 is 23.2 Å². The Bertz CT molecular complexity index is 1230. The van der Waals surface area contributed by atoms with E-state index in [9.17, 15) is 9.59 Å². The zero-order valence-corrected chi connectivity index (χ0v) is 24.4. The van der Waals surface area contributed by atoms with Crippen molar-refractivity contribution in [2.75, 3.05) is 13.7 Å². The number of amides is 2. The van der Waals surface area contributed by atoms with Gasteiger partial charge in [-0.2, -0.15) is 0 Å². The summed E-state index contributed by atoms with van der Waals surface area (Å²) in [6.07, 6.45) is 1.07. The van der Waals surface area contributed by atoms with Crippen LogP contribution in [0, 0.1) is 0 Å². The fraction of sp³-hybridized carbons (Fsp3) is 0.355. The van der Waals surface area contributed by atoms with Gasteiger partial charge in [-0.1, -0.05) is 59.6 Å². The van der Waals surface area contributed by atoms with E-state index in [0.29, 0.717) is 35.2 Å². The van der Waals surface area contributed by atoms with Crippen LogP contribution in [0.4, 0.5) is 0 Å². The predicted octanol–water partition coefficient (Wildman–Crippen LogP) is 6.72. The Balaban J connectivity index is 1.81. The molecule has 0 aliphatic rings. The standard InChI is InChI=1S/C31H36Cl2N2O4/c1-31(2,3)34-30(37)28(20-22-9-6-5-7-10-22)35(21-23-12-17-26(32)27(33)19-23)29(36)11-8-18-39-25-15-13-24(38-4)14-16-25/h5-7,9-10,12-17,19,28H,8,11,18,20-21H2,1-4H3,(H,34,37)/t28-/m0/s1. The summed E-state index contributed by atoms with van der Waals surface area (Å²) in [4.78, 5) is 29.0. The van der Waals surface area contributed by atoms with Crippen molar-refractivity contribution in [1.82, 2.24) is 10.2 Å². The monoisotopic (exact) mass is 570 g/mol. The molecule has 3 aromatic rings. The molecule has 2 amide bonds. The summed E-state index contributed by atoms with van der Waals surface area (Å²) in [6.45, 7) is 6.34. The van der Waals surface area contributed by atoms with Gasteiger partial charge in [0.15, 0.2) is 0 Å². The van der Waals surface area contributed by atoms with Crippen LogP contribution in [0.5, 0.6) is 11.5 Å². The topological polar surface area (TPSA) is 67.9 Å². The average Bonchev–Trinajstić information content (AvgIpc) is 2.90. The van der Waals surface area contributed by atoms with Crippen molar-refractivity contribution in [2.24, 2.45) is 0 Å². The fourth-order valence-electron chi connectivity index (χ4n) is 4.07. The zero-order chi connectivity index (χ0) is 28.4. The van der Waals surface area contributed by atoms with Gasteiger partial charge in [-0.3, -0.25) is 9.59 Å². The van der Waals surface area contributed by atoms with Crippen molar-refractivity contribution in [3.05, 3.63) is 94.0 Å². The third-order valence-electron chi connectivity index (χ3n) is 5.97. The normalized spacial score (nSPS) is 11.9. The number of rotatable bonds is 12. The van der Waals surface area contributed by atoms with E-state index in [1.54, 1.807) is 24.1 Å². The molecule has 0 aromatic heterocycles. The lowest BCUT2D eigenvalue weighted by Gasteiger charge is -2.34. The summed E-state index contributed by atoms with van der Waals surface area (Å²) in [6, 6.07) is 21.5. The highest BCUT2D eigenvalue weighted by atomic mass is 35.5. The Kier molecular flexibility index (Phi) is 11.1. The molecule has 3 aromatic carbocycles. The number of halogens is 2. The Morgan fingerprint density at radius 1 is 0.897 bits per heavy atom. The van der Waals surface area contributed by atoms with Crippen LogP contribution in [-0.2, 0) is 22.6 Å². The first-order valence-electron chi connectivity index (χ1n) is 12.9. The molecule has 1 N–H and O–H groups in total. The molecular weight excluding hydrogens is 535 g/mol. The first-order valence-corrected chi connectivity index (χ1v) is 13.7. The number of nitrogens with zero attached hydrogens (tertiary/aromatic N) is 1. The van der Waals surface area contributed by atoms with Gasteiger partial charge in [-0.15, -0.1) is 0 Å². The van der Waals surface area contributed by atoms with Gasteiger partial charge in [0.05, 0.1) is 23.8 Å². The van der Waals surface area contributed by atoms with Crippen LogP contribution in [0.2, 0.25) is 10.0 Å². The maximum atomic E-state index is 13.7. The molecule has 0 radical (unpaired) electrons. The van der Waals surface area contributed by atoms with E-state index in [1.807, 2.05) is 81.4 Å². The highest BCUT2D eigenvalue weighted by molar-refractivity contribution is 6.42. The number of hydrogen-bond acceptors (Lipinski definition) is 4. The number of carbonyl (C=O) groups excluding carboxylic acids is 2. The molecule has 1 atom stereocenters. The molecule has 0 aliphatic heterocycles. The van der Waals surface area contributed by atoms with Crippen molar-refractivity contribution >= 4 is 35.0 Å². The molecule has 0 saturated carbocycles. The smallest absolute Gasteiger partial charge is 0.243 e. The van der Waals surface area contributed by atoms with Crippen molar-refractivity contribution in [1.29, 1.82) is 0 Å². The zero-order valence-electron chi connectivity index (χ0n) is 22.9. The van der Waals surface area contributed by atoms with E-state index in [-0.39, 0.29) is 24.8 Å². The number of ether oxygens (including phenoxy) is 2. The highest BCUT2D eigenvalue weighted by Crippen LogP contribution is 2.25. The van der Waals surface area contributed by atoms with E-state index in [0.717, 1.165) is 16.9 Å². The minimum Gasteiger partial charge on any atom is -0.497 e. The number of benzene rings is 3. The summed E-state index contributed by atoms with van der Waals surface area (Å²) in [5.41, 5.74) is 1.28. The third kappa shape index (κ3) is 9.79. The molecule has 0 fully saturated rings. The average molecular weight is 572 g/mol. The van der Waals surface area contributed by atoms with Crippen molar-refractivity contribution < 1.29 is 19.1 Å². The van der Waals surface area contributed by atoms with Crippen molar-refractivity contribution in [3.8, 4) is 11.5 Å². The van der Waals surface area contributed by atoms with Crippen LogP contribution in [0.25, 0.3) is 0 Å². The lowest BCUT2D eigenvalue weighted by molar-refractivity contribution is -0.142. The SMILES string of the molecule is COc1ccc(OCCCC(=O)N(Cc2ccc(Cl)c(Cl)c2)[C@@H](Cc2ccccc2)C(=O)NC(C)(C)C)cc1. The first kappa shape index (κ1) is 30.3. The number of hydrogen-bond donors (Lipinski definition) is 1. The van der Waals surface area contributed by atoms with E-state index >= 15 is 0 Å². The Labute approximate surface area is 241 Å². The summed E-state index contributed by atoms with van der Waals surface area (Å²) in [5.74, 6) is 1.08. The molecule has 6 nitrogen and oxygen atoms in total. The Morgan fingerprint density at radius 2 is 1.56 bits per heavy atom. The van der Waals surface area contributed by atoms with Crippen molar-refractivity contribution in [3.63, 3.8) is 0 Å². The molecule has 0 heterocycles. The third-order valence-corrected chi connectivity index (χ3v) is 6.71. The van der Waals surface area contributed by atoms with E-state index in [2.05, 4.69) is 5.32 Å². The summed E-state index contributed by atoms with van der Waals surface area (Å²) in [5, 5.41) is 3.89. The molecule has 3 rings (SSSR count). The van der Waals surface area contributed by atoms with Gasteiger partial charge in [0, 0.05) is 24.9 Å². The van der Waals surface area contributed by atoms with Crippen LogP contribution in [0.15, 0.2) is 72.8 Å². The highest BCUT2D eigenvalue weighted by Gasteiger charge is 2.32. The fourth-order valence-corrected chi connectivity index (χ4v) is 4.39. The molecule has 39 heavy (non-hydrogen) atoms. The van der Waals surface area contributed by atoms with Gasteiger partial charge in [0.2, 0.25) is 11.8 Å². The summed E-state index contributed by atoms with van der Waals surface area (Å²) < 4.78 is 11.0. The molecule has 0 aliphatic carbocycles. The molecule has 8 heteroatoms. The molecule has 0 bridgehead atoms. The summed E-state index contributed by atoms with van der Waals surface area (Å²) in [7, 11) is 1.61. The molecule has 0 saturated heterocycles. The van der Waals surface area contributed by atoms with Crippen molar-refractivity contribution in [2.45, 2.75) is 58.2 Å². The van der Waals surface area contributed by atoms with Gasteiger partial charge >= 0.3 is 0 Å². The van der Waals surface area contributed by atoms with Crippen LogP contribution < -0.4 is 14.8 Å². The van der Waals surface area contributed by atoms with Gasteiger partial charge in [0.25, 0.3) is 0 Å². The van der Waals surface area contributed by atoms with Crippen LogP contribution in [0.3, 0.4) is 0 Å². The molecular formula is C31H36Cl2N2O4. The molecule has 0 unspecified atom stereocenters. The quantitative estimate of drug-likeness (QED) is 0.245. The second-order valence-corrected chi connectivity index (χ2v) is 11.2. The lowest BCUT2D eigenvalue weighted by Crippen LogP contribution is -2.54. The van der Waals surface area contributed by atoms with Crippen LogP contribution in [-0.4, -0.2) is 42.0 Å². The van der Waals surface area contributed by atoms with Gasteiger partial charge in [0.1, 0.15) is 17.5 Å². The Morgan fingerprint density at radius 3 is 2.18 bits per heavy atom. The van der Waals surface area contributed by atoms with Gasteiger partial charge in [-0.25, -0.2) is 0 Å². The largest absolute Gasteiger partial charge is 0.497 e. The van der Waals surface area contributed by atoms with E-state index in [4.69, 9.17) is 32.7 Å². The molecule has 208 valence electrons. The van der Waals surface area contributed by atoms with Gasteiger partial charge in [-0.05, 0) is 74.7 Å². The van der Waals surface area contributed by atoms with E-state index in [1.165, 1.54) is 0 Å². The van der Waals surface area contributed by atoms with E-state index < -0.39 is 11.6 Å². The minimum atomic E-state index is -0.726. The lowest BCUT2D eigenvalue weighted by atomic mass is 10.00. The number of carbonyl (C=O) groups is 2. The summed E-state index contributed by atoms with van der Waals surface area (Å²) >= 11 is 12.4. The Hall–Kier alpha value is -3.22. The second kappa shape index (κ2) is 14.2. The first-order chi connectivity index (χ1) is 18.6. The number of methoxy groups -OCH3 is 1. The van der Waals surface area contributed by atoms with Crippen LogP contribution in [0.1, 0.15) is 44.7 Å². The van der Waals surface area contributed by atoms with Gasteiger partial charge < -0.3 is 19.7 Å². The minimum absolute atomic E-state index is 0.149. The maximum Gasteiger partial charge on any atom is 0.243 e. The predicted molar refractivity (Wildman–Crippen MR) is 157 cm³/mol. The number of nitrogens with one attached hydrogen (secondary N) is 1. The second-order valence-electron chi connectivity index (χ2n) is 10.3.